The number of carbonyl (C=O) groups excluding carboxylic acids is 1. The number of esters is 1. The Hall–Kier alpha value is -2.05. The Balaban J connectivity index is 3.26. The molecule has 0 amide bonds. The summed E-state index contributed by atoms with van der Waals surface area (Å²) in [6.07, 6.45) is 0. The van der Waals surface area contributed by atoms with Gasteiger partial charge in [-0.05, 0) is 6.07 Å². The van der Waals surface area contributed by atoms with E-state index in [0.717, 1.165) is 6.92 Å². The van der Waals surface area contributed by atoms with Gasteiger partial charge in [-0.25, -0.2) is 18.0 Å². The van der Waals surface area contributed by atoms with Gasteiger partial charge in [0.1, 0.15) is 12.4 Å². The molecule has 7 heteroatoms. The molecule has 1 aromatic carbocycles. The number of aromatic carboxylic acids is 1. The van der Waals surface area contributed by atoms with E-state index in [2.05, 4.69) is 4.74 Å². The minimum absolute atomic E-state index is 0.226. The van der Waals surface area contributed by atoms with Crippen molar-refractivity contribution < 1.29 is 32.6 Å². The van der Waals surface area contributed by atoms with Gasteiger partial charge in [-0.3, -0.25) is 4.79 Å². The number of benzene rings is 1. The lowest BCUT2D eigenvalue weighted by Crippen LogP contribution is -2.11. The molecule has 1 aromatic rings. The SMILES string of the molecule is CC(=O)OCc1c(F)c(F)cc(C(=O)O)c1F. The molecule has 0 aliphatic rings. The van der Waals surface area contributed by atoms with Crippen molar-refractivity contribution in [3.05, 3.63) is 34.6 Å². The van der Waals surface area contributed by atoms with Crippen molar-refractivity contribution >= 4 is 11.9 Å². The van der Waals surface area contributed by atoms with Crippen LogP contribution in [0.25, 0.3) is 0 Å². The number of rotatable bonds is 3. The van der Waals surface area contributed by atoms with E-state index in [9.17, 15) is 22.8 Å². The molecule has 0 atom stereocenters. The lowest BCUT2D eigenvalue weighted by Gasteiger charge is -2.08. The molecule has 0 aromatic heterocycles. The number of halogens is 3. The van der Waals surface area contributed by atoms with Crippen LogP contribution in [0.4, 0.5) is 13.2 Å². The van der Waals surface area contributed by atoms with Crippen LogP contribution in [0.5, 0.6) is 0 Å². The van der Waals surface area contributed by atoms with E-state index in [-0.39, 0.29) is 6.07 Å². The fourth-order valence-corrected chi connectivity index (χ4v) is 1.11. The van der Waals surface area contributed by atoms with Crippen LogP contribution in [0, 0.1) is 17.5 Å². The molecule has 0 bridgehead atoms. The maximum Gasteiger partial charge on any atom is 0.338 e. The highest BCUT2D eigenvalue weighted by atomic mass is 19.2. The Bertz CT molecular complexity index is 485. The molecule has 17 heavy (non-hydrogen) atoms. The predicted octanol–water partition coefficient (Wildman–Crippen LogP) is 1.87. The van der Waals surface area contributed by atoms with E-state index < -0.39 is 47.1 Å². The van der Waals surface area contributed by atoms with E-state index in [1.54, 1.807) is 0 Å². The minimum Gasteiger partial charge on any atom is -0.478 e. The molecule has 0 aliphatic heterocycles. The maximum atomic E-state index is 13.4. The number of hydrogen-bond donors (Lipinski definition) is 1. The van der Waals surface area contributed by atoms with E-state index in [4.69, 9.17) is 5.11 Å². The highest BCUT2D eigenvalue weighted by molar-refractivity contribution is 5.88. The number of carboxylic acids is 1. The number of carboxylic acid groups (broad SMARTS) is 1. The summed E-state index contributed by atoms with van der Waals surface area (Å²) >= 11 is 0. The van der Waals surface area contributed by atoms with Crippen molar-refractivity contribution in [2.24, 2.45) is 0 Å². The van der Waals surface area contributed by atoms with Gasteiger partial charge in [0, 0.05) is 6.92 Å². The van der Waals surface area contributed by atoms with E-state index in [1.807, 2.05) is 0 Å². The largest absolute Gasteiger partial charge is 0.478 e. The molecule has 0 fully saturated rings. The van der Waals surface area contributed by atoms with Gasteiger partial charge in [0.05, 0.1) is 11.1 Å². The third-order valence-electron chi connectivity index (χ3n) is 1.90. The van der Waals surface area contributed by atoms with Gasteiger partial charge in [0.25, 0.3) is 0 Å². The summed E-state index contributed by atoms with van der Waals surface area (Å²) in [5, 5.41) is 8.55. The maximum absolute atomic E-state index is 13.4. The van der Waals surface area contributed by atoms with Crippen molar-refractivity contribution in [2.75, 3.05) is 0 Å². The average Bonchev–Trinajstić information content (AvgIpc) is 2.22. The molecule has 0 saturated carbocycles. The lowest BCUT2D eigenvalue weighted by molar-refractivity contribution is -0.142. The van der Waals surface area contributed by atoms with Crippen LogP contribution in [0.1, 0.15) is 22.8 Å². The zero-order valence-electron chi connectivity index (χ0n) is 8.59. The van der Waals surface area contributed by atoms with E-state index >= 15 is 0 Å². The Kier molecular flexibility index (Phi) is 3.72. The normalized spacial score (nSPS) is 10.1. The molecule has 0 saturated heterocycles. The summed E-state index contributed by atoms with van der Waals surface area (Å²) in [5.41, 5.74) is -1.95. The third kappa shape index (κ3) is 2.74. The van der Waals surface area contributed by atoms with Gasteiger partial charge in [0.2, 0.25) is 0 Å². The standard InChI is InChI=1S/C10H7F3O4/c1-4(14)17-3-6-8(12)5(10(15)16)2-7(11)9(6)13/h2H,3H2,1H3,(H,15,16). The molecule has 1 rings (SSSR count). The molecule has 0 aliphatic carbocycles. The second kappa shape index (κ2) is 4.86. The van der Waals surface area contributed by atoms with E-state index in [1.165, 1.54) is 0 Å². The van der Waals surface area contributed by atoms with Crippen molar-refractivity contribution in [2.45, 2.75) is 13.5 Å². The Morgan fingerprint density at radius 3 is 2.35 bits per heavy atom. The lowest BCUT2D eigenvalue weighted by atomic mass is 10.1. The van der Waals surface area contributed by atoms with Crippen LogP contribution < -0.4 is 0 Å². The van der Waals surface area contributed by atoms with Crippen LogP contribution in [-0.2, 0) is 16.1 Å². The van der Waals surface area contributed by atoms with Gasteiger partial charge in [0.15, 0.2) is 11.6 Å². The monoisotopic (exact) mass is 248 g/mol. The van der Waals surface area contributed by atoms with Crippen molar-refractivity contribution in [1.82, 2.24) is 0 Å². The highest BCUT2D eigenvalue weighted by Crippen LogP contribution is 2.21. The fraction of sp³-hybridized carbons (Fsp3) is 0.200. The van der Waals surface area contributed by atoms with Gasteiger partial charge in [-0.15, -0.1) is 0 Å². The molecule has 0 radical (unpaired) electrons. The third-order valence-corrected chi connectivity index (χ3v) is 1.90. The molecule has 4 nitrogen and oxygen atoms in total. The first-order chi connectivity index (χ1) is 7.84. The smallest absolute Gasteiger partial charge is 0.338 e. The number of hydrogen-bond acceptors (Lipinski definition) is 3. The van der Waals surface area contributed by atoms with Crippen LogP contribution in [-0.4, -0.2) is 17.0 Å². The van der Waals surface area contributed by atoms with Crippen molar-refractivity contribution in [3.8, 4) is 0 Å². The second-order valence-corrected chi connectivity index (χ2v) is 3.10. The number of ether oxygens (including phenoxy) is 1. The summed E-state index contributed by atoms with van der Waals surface area (Å²) in [7, 11) is 0. The fourth-order valence-electron chi connectivity index (χ4n) is 1.11. The predicted molar refractivity (Wildman–Crippen MR) is 48.7 cm³/mol. The second-order valence-electron chi connectivity index (χ2n) is 3.10. The van der Waals surface area contributed by atoms with Gasteiger partial charge in [-0.1, -0.05) is 0 Å². The topological polar surface area (TPSA) is 63.6 Å². The highest BCUT2D eigenvalue weighted by Gasteiger charge is 2.22. The van der Waals surface area contributed by atoms with Gasteiger partial charge in [-0.2, -0.15) is 0 Å². The quantitative estimate of drug-likeness (QED) is 0.655. The Morgan fingerprint density at radius 1 is 1.29 bits per heavy atom. The molecular formula is C10H7F3O4. The Labute approximate surface area is 93.6 Å². The van der Waals surface area contributed by atoms with E-state index in [0.29, 0.717) is 0 Å². The average molecular weight is 248 g/mol. The van der Waals surface area contributed by atoms with Crippen LogP contribution in [0.3, 0.4) is 0 Å². The summed E-state index contributed by atoms with van der Waals surface area (Å²) < 4.78 is 43.9. The van der Waals surface area contributed by atoms with Crippen LogP contribution in [0.2, 0.25) is 0 Å². The molecule has 92 valence electrons. The van der Waals surface area contributed by atoms with Gasteiger partial charge >= 0.3 is 11.9 Å². The first kappa shape index (κ1) is 13.0. The Morgan fingerprint density at radius 2 is 1.88 bits per heavy atom. The zero-order valence-corrected chi connectivity index (χ0v) is 8.59. The molecular weight excluding hydrogens is 241 g/mol. The molecule has 1 N–H and O–H groups in total. The first-order valence-corrected chi connectivity index (χ1v) is 4.37. The van der Waals surface area contributed by atoms with Crippen molar-refractivity contribution in [1.29, 1.82) is 0 Å². The minimum atomic E-state index is -1.74. The molecule has 0 unspecified atom stereocenters. The molecule has 0 heterocycles. The first-order valence-electron chi connectivity index (χ1n) is 4.37. The number of carbonyl (C=O) groups is 2. The summed E-state index contributed by atoms with van der Waals surface area (Å²) in [6, 6.07) is 0.226. The summed E-state index contributed by atoms with van der Waals surface area (Å²) in [4.78, 5) is 21.0. The van der Waals surface area contributed by atoms with Crippen LogP contribution >= 0.6 is 0 Å². The van der Waals surface area contributed by atoms with Gasteiger partial charge < -0.3 is 9.84 Å². The van der Waals surface area contributed by atoms with Crippen molar-refractivity contribution in [3.63, 3.8) is 0 Å². The summed E-state index contributed by atoms with van der Waals surface area (Å²) in [6.45, 7) is 0.123. The zero-order chi connectivity index (χ0) is 13.2. The summed E-state index contributed by atoms with van der Waals surface area (Å²) in [5.74, 6) is -7.13. The molecule has 0 spiro atoms. The van der Waals surface area contributed by atoms with Crippen LogP contribution in [0.15, 0.2) is 6.07 Å².